The van der Waals surface area contributed by atoms with Crippen molar-refractivity contribution < 1.29 is 27.2 Å². The number of phenols is 1. The van der Waals surface area contributed by atoms with E-state index >= 15 is 0 Å². The van der Waals surface area contributed by atoms with Gasteiger partial charge in [0.25, 0.3) is 0 Å². The number of aromatic hydroxyl groups is 1. The number of benzene rings is 3. The number of ketones is 1. The monoisotopic (exact) mass is 552 g/mol. The molecule has 0 unspecified atom stereocenters. The third-order valence-corrected chi connectivity index (χ3v) is 8.10. The van der Waals surface area contributed by atoms with Gasteiger partial charge < -0.3 is 14.0 Å². The maximum atomic E-state index is 13.8. The zero-order valence-electron chi connectivity index (χ0n) is 20.6. The number of ether oxygens (including phenoxy) is 1. The van der Waals surface area contributed by atoms with E-state index in [1.54, 1.807) is 42.5 Å². The Morgan fingerprint density at radius 1 is 0.947 bits per heavy atom. The molecule has 1 aromatic heterocycles. The van der Waals surface area contributed by atoms with Gasteiger partial charge in [0.1, 0.15) is 23.9 Å². The summed E-state index contributed by atoms with van der Waals surface area (Å²) in [4.78, 5) is 16.9. The average Bonchev–Trinajstić information content (AvgIpc) is 3.27. The molecule has 0 saturated carbocycles. The molecule has 3 N–H and O–H groups in total. The van der Waals surface area contributed by atoms with E-state index < -0.39 is 10.3 Å². The summed E-state index contributed by atoms with van der Waals surface area (Å²) < 4.78 is 33.9. The number of likely N-dealkylation sites (tertiary alicyclic amines) is 1. The first-order valence-corrected chi connectivity index (χ1v) is 14.6. The highest BCUT2D eigenvalue weighted by Gasteiger charge is 2.22. The second-order valence-corrected chi connectivity index (χ2v) is 11.4. The molecule has 10 heteroatoms. The van der Waals surface area contributed by atoms with Crippen LogP contribution in [0.15, 0.2) is 66.7 Å². The van der Waals surface area contributed by atoms with Gasteiger partial charge in [0, 0.05) is 32.6 Å². The first-order chi connectivity index (χ1) is 18.3. The zero-order chi connectivity index (χ0) is 26.7. The van der Waals surface area contributed by atoms with Crippen molar-refractivity contribution in [3.8, 4) is 27.7 Å². The Bertz CT molecular complexity index is 1540. The lowest BCUT2D eigenvalue weighted by Crippen LogP contribution is -2.33. The van der Waals surface area contributed by atoms with Crippen LogP contribution in [0, 0.1) is 0 Å². The van der Waals surface area contributed by atoms with Gasteiger partial charge in [-0.2, -0.15) is 13.6 Å². The standard InChI is InChI=1S/C28H28N2O6S2/c29-38(33,34)36-23-11-6-20(7-12-23)28-26(24-13-8-21(31)18-25(24)37-28)27(32)19-4-9-22(10-5-19)35-17-16-30-14-2-1-3-15-30/h4-13,18,31H,1-3,14-17H2,(H2,29,33,34). The van der Waals surface area contributed by atoms with Gasteiger partial charge in [-0.15, -0.1) is 11.3 Å². The topological polar surface area (TPSA) is 119 Å². The highest BCUT2D eigenvalue weighted by molar-refractivity contribution is 7.84. The number of rotatable bonds is 9. The van der Waals surface area contributed by atoms with Crippen LogP contribution in [0.1, 0.15) is 35.2 Å². The predicted molar refractivity (Wildman–Crippen MR) is 148 cm³/mol. The minimum Gasteiger partial charge on any atom is -0.508 e. The summed E-state index contributed by atoms with van der Waals surface area (Å²) in [6, 6.07) is 18.3. The lowest BCUT2D eigenvalue weighted by atomic mass is 9.97. The van der Waals surface area contributed by atoms with E-state index in [2.05, 4.69) is 4.90 Å². The van der Waals surface area contributed by atoms with Gasteiger partial charge >= 0.3 is 10.3 Å². The summed E-state index contributed by atoms with van der Waals surface area (Å²) in [5.74, 6) is 0.719. The Kier molecular flexibility index (Phi) is 7.66. The summed E-state index contributed by atoms with van der Waals surface area (Å²) in [6.45, 7) is 3.72. The average molecular weight is 553 g/mol. The maximum absolute atomic E-state index is 13.8. The van der Waals surface area contributed by atoms with E-state index in [0.29, 0.717) is 33.9 Å². The minimum absolute atomic E-state index is 0.0683. The molecule has 3 aromatic carbocycles. The Labute approximate surface area is 225 Å². The molecule has 38 heavy (non-hydrogen) atoms. The SMILES string of the molecule is NS(=O)(=O)Oc1ccc(-c2sc3cc(O)ccc3c2C(=O)c2ccc(OCCN3CCCCC3)cc2)cc1. The van der Waals surface area contributed by atoms with Crippen LogP contribution in [0.5, 0.6) is 17.2 Å². The summed E-state index contributed by atoms with van der Waals surface area (Å²) in [5.41, 5.74) is 1.72. The van der Waals surface area contributed by atoms with Crippen LogP contribution in [0.25, 0.3) is 20.5 Å². The molecule has 0 bridgehead atoms. The number of carbonyl (C=O) groups excluding carboxylic acids is 1. The van der Waals surface area contributed by atoms with Crippen LogP contribution in [-0.2, 0) is 10.3 Å². The van der Waals surface area contributed by atoms with Crippen LogP contribution >= 0.6 is 11.3 Å². The van der Waals surface area contributed by atoms with E-state index in [9.17, 15) is 18.3 Å². The fraction of sp³-hybridized carbons (Fsp3) is 0.250. The van der Waals surface area contributed by atoms with Gasteiger partial charge in [-0.1, -0.05) is 6.42 Å². The Hall–Kier alpha value is -3.44. The molecule has 1 fully saturated rings. The largest absolute Gasteiger partial charge is 0.508 e. The van der Waals surface area contributed by atoms with Gasteiger partial charge in [0.05, 0.1) is 0 Å². The summed E-state index contributed by atoms with van der Waals surface area (Å²) in [7, 11) is -4.14. The molecular formula is C28H28N2O6S2. The van der Waals surface area contributed by atoms with Crippen molar-refractivity contribution >= 4 is 37.5 Å². The molecule has 5 rings (SSSR count). The van der Waals surface area contributed by atoms with Gasteiger partial charge in [-0.05, 0) is 98.2 Å². The van der Waals surface area contributed by atoms with Crippen LogP contribution in [0.2, 0.25) is 0 Å². The van der Waals surface area contributed by atoms with Crippen LogP contribution in [0.4, 0.5) is 0 Å². The number of fused-ring (bicyclic) bond motifs is 1. The fourth-order valence-electron chi connectivity index (χ4n) is 4.63. The predicted octanol–water partition coefficient (Wildman–Crippen LogP) is 4.95. The Morgan fingerprint density at radius 2 is 1.63 bits per heavy atom. The minimum atomic E-state index is -4.14. The Morgan fingerprint density at radius 3 is 2.32 bits per heavy atom. The van der Waals surface area contributed by atoms with Crippen molar-refractivity contribution in [1.82, 2.24) is 4.90 Å². The first kappa shape index (κ1) is 26.2. The van der Waals surface area contributed by atoms with Crippen molar-refractivity contribution in [2.75, 3.05) is 26.2 Å². The zero-order valence-corrected chi connectivity index (χ0v) is 22.3. The third-order valence-electron chi connectivity index (χ3n) is 6.47. The van der Waals surface area contributed by atoms with Crippen molar-refractivity contribution in [2.24, 2.45) is 5.14 Å². The van der Waals surface area contributed by atoms with Crippen molar-refractivity contribution in [3.05, 3.63) is 77.9 Å². The van der Waals surface area contributed by atoms with Gasteiger partial charge in [0.2, 0.25) is 0 Å². The first-order valence-electron chi connectivity index (χ1n) is 12.3. The lowest BCUT2D eigenvalue weighted by molar-refractivity contribution is 0.104. The van der Waals surface area contributed by atoms with Crippen LogP contribution < -0.4 is 14.1 Å². The van der Waals surface area contributed by atoms with Crippen LogP contribution in [0.3, 0.4) is 0 Å². The molecule has 0 radical (unpaired) electrons. The summed E-state index contributed by atoms with van der Waals surface area (Å²) in [5, 5.41) is 15.7. The summed E-state index contributed by atoms with van der Waals surface area (Å²) in [6.07, 6.45) is 3.78. The number of carbonyl (C=O) groups is 1. The van der Waals surface area contributed by atoms with E-state index in [1.165, 1.54) is 42.7 Å². The van der Waals surface area contributed by atoms with Crippen molar-refractivity contribution in [1.29, 1.82) is 0 Å². The molecule has 0 amide bonds. The number of piperidine rings is 1. The lowest BCUT2D eigenvalue weighted by Gasteiger charge is -2.26. The quantitative estimate of drug-likeness (QED) is 0.282. The molecule has 4 aromatic rings. The molecule has 1 saturated heterocycles. The molecule has 0 aliphatic carbocycles. The summed E-state index contributed by atoms with van der Waals surface area (Å²) >= 11 is 1.37. The number of thiophene rings is 1. The Balaban J connectivity index is 1.39. The highest BCUT2D eigenvalue weighted by atomic mass is 32.2. The number of nitrogens with zero attached hydrogens (tertiary/aromatic N) is 1. The molecule has 8 nitrogen and oxygen atoms in total. The normalized spacial score (nSPS) is 14.4. The smallest absolute Gasteiger partial charge is 0.380 e. The number of phenolic OH excluding ortho intramolecular Hbond substituents is 1. The second-order valence-electron chi connectivity index (χ2n) is 9.19. The van der Waals surface area contributed by atoms with Gasteiger partial charge in [-0.25, -0.2) is 0 Å². The molecule has 2 heterocycles. The van der Waals surface area contributed by atoms with E-state index in [0.717, 1.165) is 29.7 Å². The molecule has 198 valence electrons. The van der Waals surface area contributed by atoms with Gasteiger partial charge in [0.15, 0.2) is 5.78 Å². The number of hydrogen-bond donors (Lipinski definition) is 2. The second kappa shape index (κ2) is 11.1. The number of hydrogen-bond acceptors (Lipinski definition) is 8. The van der Waals surface area contributed by atoms with Crippen LogP contribution in [-0.4, -0.2) is 50.4 Å². The van der Waals surface area contributed by atoms with Crippen molar-refractivity contribution in [3.63, 3.8) is 0 Å². The van der Waals surface area contributed by atoms with E-state index in [4.69, 9.17) is 14.1 Å². The molecular weight excluding hydrogens is 524 g/mol. The van der Waals surface area contributed by atoms with E-state index in [1.807, 2.05) is 12.1 Å². The molecule has 1 aliphatic heterocycles. The fourth-order valence-corrected chi connectivity index (χ4v) is 6.25. The van der Waals surface area contributed by atoms with Gasteiger partial charge in [-0.3, -0.25) is 9.69 Å². The highest BCUT2D eigenvalue weighted by Crippen LogP contribution is 2.41. The maximum Gasteiger partial charge on any atom is 0.380 e. The van der Waals surface area contributed by atoms with Crippen molar-refractivity contribution in [2.45, 2.75) is 19.3 Å². The molecule has 1 aliphatic rings. The molecule has 0 spiro atoms. The molecule has 0 atom stereocenters. The van der Waals surface area contributed by atoms with E-state index in [-0.39, 0.29) is 17.3 Å². The third kappa shape index (κ3) is 6.16. The number of nitrogens with two attached hydrogens (primary N) is 1.